The van der Waals surface area contributed by atoms with Crippen molar-refractivity contribution in [1.82, 2.24) is 10.3 Å². The molecule has 2 bridgehead atoms. The first-order chi connectivity index (χ1) is 31.5. The molecule has 5 aromatic rings. The second-order valence-corrected chi connectivity index (χ2v) is 16.0. The van der Waals surface area contributed by atoms with E-state index in [1.54, 1.807) is 0 Å². The van der Waals surface area contributed by atoms with Crippen LogP contribution in [0.25, 0.3) is 21.9 Å². The van der Waals surface area contributed by atoms with Gasteiger partial charge in [-0.25, -0.2) is 9.78 Å². The van der Waals surface area contributed by atoms with Crippen LogP contribution in [0.1, 0.15) is 343 Å². The lowest BCUT2D eigenvalue weighted by molar-refractivity contribution is -0.786. The fourth-order valence-corrected chi connectivity index (χ4v) is 7.47. The van der Waals surface area contributed by atoms with Crippen molar-refractivity contribution >= 4 is 68.7 Å². The molecule has 0 radical (unpaired) electrons. The van der Waals surface area contributed by atoms with Crippen LogP contribution in [0, 0.1) is 5.92 Å². The van der Waals surface area contributed by atoms with Crippen molar-refractivity contribution in [1.29, 1.82) is 0 Å². The van der Waals surface area contributed by atoms with Crippen LogP contribution in [-0.4, -0.2) is 66.8 Å². The number of ether oxygens (including phenoxy) is 1. The Bertz CT molecular complexity index is 2700. The zero-order chi connectivity index (χ0) is 50.9. The summed E-state index contributed by atoms with van der Waals surface area (Å²) in [7, 11) is 3.99. The van der Waals surface area contributed by atoms with Crippen molar-refractivity contribution in [3.63, 3.8) is 0 Å². The number of H-pyrrole nitrogens is 2. The number of alkyl halides is 9. The maximum Gasteiger partial charge on any atom is 0.430 e. The number of quaternary nitrogens is 1. The van der Waals surface area contributed by atoms with Crippen LogP contribution in [0.2, 0.25) is 5.02 Å². The lowest BCUT2D eigenvalue weighted by Gasteiger charge is -2.34. The highest BCUT2D eigenvalue weighted by Gasteiger charge is 2.37. The van der Waals surface area contributed by atoms with Gasteiger partial charge in [0.1, 0.15) is 35.7 Å². The number of nitrogen functional groups attached to an aromatic ring is 1. The number of allylic oxidation sites excluding steroid dienone is 2. The molecule has 0 saturated carbocycles. The minimum Gasteiger partial charge on any atom is -0.542 e. The number of carbonyl (C=O) groups is 4. The van der Waals surface area contributed by atoms with Gasteiger partial charge in [-0.2, -0.15) is 44.2 Å². The highest BCUT2D eigenvalue weighted by atomic mass is 35.5. The molecule has 0 fully saturated rings. The zero-order valence-electron chi connectivity index (χ0n) is 35.5. The number of nitrogens with two attached hydrogens (primary N) is 1. The summed E-state index contributed by atoms with van der Waals surface area (Å²) in [4.78, 5) is 55.9. The van der Waals surface area contributed by atoms with E-state index in [9.17, 15) is 49.1 Å². The van der Waals surface area contributed by atoms with Crippen molar-refractivity contribution in [2.24, 2.45) is 5.92 Å². The molecule has 3 aromatic heterocycles. The Labute approximate surface area is 662 Å². The molecule has 2 unspecified atom stereocenters. The van der Waals surface area contributed by atoms with Gasteiger partial charge >= 0.3 is 30.1 Å². The first kappa shape index (κ1) is 232. The Morgan fingerprint density at radius 3 is 1.36 bits per heavy atom. The van der Waals surface area contributed by atoms with Gasteiger partial charge in [0.15, 0.2) is 18.5 Å². The fraction of sp³-hybridized carbons (Fsp3) is 0.675. The number of pyridine rings is 1. The normalized spacial score (nSPS) is 9.88. The summed E-state index contributed by atoms with van der Waals surface area (Å²) in [5.74, 6) is -8.47. The topological polar surface area (TPSA) is 254 Å². The van der Waals surface area contributed by atoms with Crippen LogP contribution < -0.4 is 41.2 Å². The molecule has 0 saturated heterocycles. The number of fused-ring (bicyclic) bond motifs is 6. The number of benzene rings is 2. The number of hydrogen-bond donors (Lipinski definition) is 3. The highest BCUT2D eigenvalue weighted by Crippen LogP contribution is 2.46. The van der Waals surface area contributed by atoms with Crippen molar-refractivity contribution in [2.45, 2.75) is 365 Å². The first-order valence-corrected chi connectivity index (χ1v) is 20.3. The molecule has 26 heteroatoms. The molecule has 2 aliphatic rings. The van der Waals surface area contributed by atoms with Gasteiger partial charge in [0.2, 0.25) is 5.52 Å². The molecule has 0 spiro atoms. The van der Waals surface area contributed by atoms with Gasteiger partial charge in [0, 0.05) is 45.7 Å². The van der Waals surface area contributed by atoms with Gasteiger partial charge in [0.05, 0.1) is 31.6 Å². The molecule has 672 valence electrons. The number of rotatable bonds is 10. The molecular weight excluding hydrogens is 1410 g/mol. The summed E-state index contributed by atoms with van der Waals surface area (Å²) in [5, 5.41) is 36.2. The smallest absolute Gasteiger partial charge is 0.430 e. The molecule has 16 nitrogen and oxygen atoms in total. The van der Waals surface area contributed by atoms with Crippen LogP contribution >= 0.6 is 11.6 Å². The van der Waals surface area contributed by atoms with Crippen LogP contribution in [-0.2, 0) is 49.9 Å². The highest BCUT2D eigenvalue weighted by molar-refractivity contribution is 6.31. The first-order valence-electron chi connectivity index (χ1n) is 20.0. The number of carboxylic acid groups (broad SMARTS) is 3. The number of carboxylic acids is 3. The lowest BCUT2D eigenvalue weighted by Crippen LogP contribution is -3.00. The van der Waals surface area contributed by atoms with Gasteiger partial charge in [-0.05, 0) is 73.8 Å². The number of esters is 1. The Morgan fingerprint density at radius 1 is 0.594 bits per heavy atom. The predicted octanol–water partition coefficient (Wildman–Crippen LogP) is 26.0. The quantitative estimate of drug-likeness (QED) is 0.0295. The Morgan fingerprint density at radius 2 is 0.981 bits per heavy atom. The molecule has 3 heterocycles. The van der Waals surface area contributed by atoms with Gasteiger partial charge in [-0.15, -0.1) is 0 Å². The van der Waals surface area contributed by atoms with Crippen LogP contribution in [0.15, 0.2) is 69.5 Å². The third-order valence-corrected chi connectivity index (χ3v) is 10.4. The van der Waals surface area contributed by atoms with Crippen LogP contribution in [0.4, 0.5) is 50.9 Å². The molecule has 5 N–H and O–H groups in total. The fourth-order valence-electron chi connectivity index (χ4n) is 7.30. The average molecular weight is 1600 g/mol. The summed E-state index contributed by atoms with van der Waals surface area (Å²) in [5.41, 5.74) is 14.9. The third-order valence-electron chi connectivity index (χ3n) is 10.2. The lowest BCUT2D eigenvalue weighted by atomic mass is 9.70. The molecule has 2 aromatic carbocycles. The third kappa shape index (κ3) is 69.0. The maximum absolute atomic E-state index is 12.7. The van der Waals surface area contributed by atoms with Crippen LogP contribution in [0.3, 0.4) is 0 Å². The average Bonchev–Trinajstić information content (AvgIpc) is 2.66. The number of halogens is 10. The van der Waals surface area contributed by atoms with Crippen molar-refractivity contribution in [3.05, 3.63) is 98.3 Å². The number of nitrogens with one attached hydrogen (secondary N) is 3. The Balaban J connectivity index is -0.0000000232. The predicted molar refractivity (Wildman–Crippen MR) is 467 cm³/mol. The summed E-state index contributed by atoms with van der Waals surface area (Å²) >= 11 is 6.24. The van der Waals surface area contributed by atoms with E-state index in [4.69, 9.17) is 56.2 Å². The minimum atomic E-state index is -5.19. The summed E-state index contributed by atoms with van der Waals surface area (Å²) in [6.45, 7) is 0.846. The molecule has 2 aliphatic carbocycles. The second-order valence-electron chi connectivity index (χ2n) is 15.5. The van der Waals surface area contributed by atoms with E-state index in [0.717, 1.165) is 77.6 Å². The van der Waals surface area contributed by atoms with Crippen LogP contribution in [0.5, 0.6) is 0 Å². The van der Waals surface area contributed by atoms with E-state index in [1.165, 1.54) is 22.9 Å². The monoisotopic (exact) mass is 1600 g/mol. The van der Waals surface area contributed by atoms with E-state index in [1.807, 2.05) is 61.4 Å². The Hall–Kier alpha value is -6.76. The van der Waals surface area contributed by atoms with Gasteiger partial charge in [-0.1, -0.05) is 311 Å². The molecule has 7 rings (SSSR count). The number of aromatic nitrogens is 4. The standard InChI is InChI=1S/C36H37ClN6O4.3C2HF3O2.38CH4/c1-42(2)27-7-9-28-23(16-34(45)47-32(28)18-27)15-33(44)46-20-26-19-43(41-40-26)10-4-3-5-21-11-22-13-24(12-21)35-31(14-22)39-30-17-25(37)6-8-29(30)36(35)38;3*3-2(4,5)1(6)7;;;;;;;;;;;;;;;;;;;;;;;;;;;;;;;;;;;;;;/h6-9,11,16-19,22,24H,3-5,10,12-15,20H2,1-2H3,(H2,38,39);3*(H,6,7);38*1H4. The summed E-state index contributed by atoms with van der Waals surface area (Å²) in [6.07, 6.45) is -4.92. The second kappa shape index (κ2) is 98.2. The van der Waals surface area contributed by atoms with E-state index in [0.29, 0.717) is 33.7 Å². The molecule has 0 aliphatic heterocycles. The zero-order valence-corrected chi connectivity index (χ0v) is 36.3. The number of hydrogen-bond acceptors (Lipinski definition) is 12. The molecule has 0 amide bonds. The number of unbranched alkanes of at least 4 members (excludes halogenated alkanes) is 1. The number of anilines is 1. The maximum atomic E-state index is 12.7. The van der Waals surface area contributed by atoms with E-state index in [-0.39, 0.29) is 295 Å². The van der Waals surface area contributed by atoms with Gasteiger partial charge < -0.3 is 49.5 Å². The molecule has 2 atom stereocenters. The summed E-state index contributed by atoms with van der Waals surface area (Å²) in [6, 6.07) is 12.9. The number of carbonyl (C=O) groups excluding carboxylic acids is 4. The SMILES string of the molecule is C.C.C.C.C.C.C.C.C.C.C.C.C.C.C.C.C.C.C.C.C.C.C.C.C.C.C.C.C.C.C.C.C.C.C.C.C.C.C[NH+](C)c1ccc2c(CC(=O)OCc3c[n+](CCCCC4=CC5Cc6[nH+]c7cc(Cl)ccc7c(N)c6C(C4)C5)[nH]n3)cc(=O)oc2c1.O=C([O-])C(F)(F)F.O=C([O-])C(F)(F)F.O=C([O-])C(F)(F)F. The number of aromatic amines is 2. The van der Waals surface area contributed by atoms with Crippen molar-refractivity contribution in [2.75, 3.05) is 19.8 Å². The van der Waals surface area contributed by atoms with Gasteiger partial charge in [-0.3, -0.25) is 4.79 Å². The number of aryl methyl sites for hydroxylation is 1. The minimum absolute atomic E-state index is 0. The molecular formula is C80H192ClF9N6O10. The Kier molecular flexibility index (Phi) is 215. The molecule has 106 heavy (non-hydrogen) atoms. The van der Waals surface area contributed by atoms with E-state index < -0.39 is 48.0 Å². The summed E-state index contributed by atoms with van der Waals surface area (Å²) < 4.78 is 107. The number of nitrogens with zero attached hydrogens (tertiary/aromatic N) is 2. The van der Waals surface area contributed by atoms with E-state index in [2.05, 4.69) is 21.4 Å². The van der Waals surface area contributed by atoms with Crippen molar-refractivity contribution in [3.8, 4) is 0 Å². The van der Waals surface area contributed by atoms with Gasteiger partial charge in [0.25, 0.3) is 5.69 Å². The van der Waals surface area contributed by atoms with E-state index >= 15 is 0 Å². The van der Waals surface area contributed by atoms with Crippen molar-refractivity contribution < 1.29 is 97.7 Å². The largest absolute Gasteiger partial charge is 0.542 e. The number of aliphatic carboxylic acids is 3.